The SMILES string of the molecule is CCOc1ccc(Cc2cc(C3CC(O)C(O)[C@@H](COC)S3)c(O)cc2C)cc1. The Morgan fingerprint density at radius 2 is 1.86 bits per heavy atom. The molecule has 0 spiro atoms. The molecule has 29 heavy (non-hydrogen) atoms. The molecule has 1 aliphatic rings. The van der Waals surface area contributed by atoms with Gasteiger partial charge in [0.2, 0.25) is 0 Å². The van der Waals surface area contributed by atoms with Crippen LogP contribution in [0.1, 0.15) is 40.8 Å². The molecule has 2 aromatic carbocycles. The number of methoxy groups -OCH3 is 1. The van der Waals surface area contributed by atoms with Crippen molar-refractivity contribution in [1.29, 1.82) is 0 Å². The molecule has 0 aromatic heterocycles. The molecule has 3 N–H and O–H groups in total. The number of benzene rings is 2. The third kappa shape index (κ3) is 5.25. The summed E-state index contributed by atoms with van der Waals surface area (Å²) in [5.74, 6) is 1.09. The Morgan fingerprint density at radius 3 is 2.52 bits per heavy atom. The average molecular weight is 419 g/mol. The van der Waals surface area contributed by atoms with Crippen LogP contribution in [-0.2, 0) is 11.2 Å². The highest BCUT2D eigenvalue weighted by Crippen LogP contribution is 2.46. The van der Waals surface area contributed by atoms with Crippen molar-refractivity contribution in [3.63, 3.8) is 0 Å². The van der Waals surface area contributed by atoms with E-state index in [9.17, 15) is 15.3 Å². The fourth-order valence-electron chi connectivity index (χ4n) is 3.75. The highest BCUT2D eigenvalue weighted by molar-refractivity contribution is 8.00. The number of rotatable bonds is 7. The van der Waals surface area contributed by atoms with E-state index in [-0.39, 0.29) is 16.2 Å². The Kier molecular flexibility index (Phi) is 7.46. The van der Waals surface area contributed by atoms with Crippen molar-refractivity contribution in [1.82, 2.24) is 0 Å². The van der Waals surface area contributed by atoms with Gasteiger partial charge in [-0.1, -0.05) is 18.2 Å². The molecule has 3 rings (SSSR count). The second-order valence-corrected chi connectivity index (χ2v) is 8.95. The smallest absolute Gasteiger partial charge is 0.120 e. The minimum absolute atomic E-state index is 0.103. The Hall–Kier alpha value is -1.73. The molecule has 0 amide bonds. The highest BCUT2D eigenvalue weighted by atomic mass is 32.2. The number of thioether (sulfide) groups is 1. The van der Waals surface area contributed by atoms with Gasteiger partial charge in [0.15, 0.2) is 0 Å². The molecule has 1 heterocycles. The highest BCUT2D eigenvalue weighted by Gasteiger charge is 2.38. The first-order chi connectivity index (χ1) is 13.9. The summed E-state index contributed by atoms with van der Waals surface area (Å²) in [6, 6.07) is 11.9. The van der Waals surface area contributed by atoms with Crippen LogP contribution in [0, 0.1) is 6.92 Å². The molecule has 1 saturated heterocycles. The fraction of sp³-hybridized carbons (Fsp3) is 0.478. The van der Waals surface area contributed by atoms with E-state index in [4.69, 9.17) is 9.47 Å². The lowest BCUT2D eigenvalue weighted by atomic mass is 9.93. The molecule has 0 saturated carbocycles. The van der Waals surface area contributed by atoms with Crippen molar-refractivity contribution in [3.8, 4) is 11.5 Å². The number of hydrogen-bond donors (Lipinski definition) is 3. The van der Waals surface area contributed by atoms with Gasteiger partial charge in [0, 0.05) is 17.9 Å². The summed E-state index contributed by atoms with van der Waals surface area (Å²) in [6.45, 7) is 4.95. The van der Waals surface area contributed by atoms with Gasteiger partial charge in [-0.25, -0.2) is 0 Å². The first-order valence-corrected chi connectivity index (χ1v) is 10.9. The predicted octanol–water partition coefficient (Wildman–Crippen LogP) is 3.60. The third-order valence-electron chi connectivity index (χ3n) is 5.36. The number of aromatic hydroxyl groups is 1. The summed E-state index contributed by atoms with van der Waals surface area (Å²) in [5.41, 5.74) is 4.12. The van der Waals surface area contributed by atoms with E-state index in [0.717, 1.165) is 34.4 Å². The van der Waals surface area contributed by atoms with Gasteiger partial charge in [-0.15, -0.1) is 11.8 Å². The summed E-state index contributed by atoms with van der Waals surface area (Å²) in [4.78, 5) is 0. The van der Waals surface area contributed by atoms with E-state index in [0.29, 0.717) is 19.6 Å². The normalized spacial score (nSPS) is 24.4. The van der Waals surface area contributed by atoms with Crippen molar-refractivity contribution >= 4 is 11.8 Å². The number of ether oxygens (including phenoxy) is 2. The lowest BCUT2D eigenvalue weighted by molar-refractivity contribution is -0.00422. The minimum atomic E-state index is -0.836. The maximum Gasteiger partial charge on any atom is 0.120 e. The summed E-state index contributed by atoms with van der Waals surface area (Å²) in [5, 5.41) is 30.8. The van der Waals surface area contributed by atoms with Crippen LogP contribution in [0.5, 0.6) is 11.5 Å². The van der Waals surface area contributed by atoms with Gasteiger partial charge in [0.1, 0.15) is 11.5 Å². The Labute approximate surface area is 176 Å². The van der Waals surface area contributed by atoms with Crippen LogP contribution < -0.4 is 4.74 Å². The van der Waals surface area contributed by atoms with Gasteiger partial charge in [-0.3, -0.25) is 0 Å². The van der Waals surface area contributed by atoms with Crippen LogP contribution >= 0.6 is 11.8 Å². The number of phenols is 1. The van der Waals surface area contributed by atoms with Gasteiger partial charge in [0.25, 0.3) is 0 Å². The number of aliphatic hydroxyl groups excluding tert-OH is 2. The first kappa shape index (κ1) is 22.0. The van der Waals surface area contributed by atoms with Crippen LogP contribution in [0.4, 0.5) is 0 Å². The number of phenolic OH excluding ortho intramolecular Hbond substituents is 1. The van der Waals surface area contributed by atoms with Gasteiger partial charge >= 0.3 is 0 Å². The topological polar surface area (TPSA) is 79.2 Å². The number of hydrogen-bond acceptors (Lipinski definition) is 6. The lowest BCUT2D eigenvalue weighted by Gasteiger charge is -2.36. The van der Waals surface area contributed by atoms with Crippen molar-refractivity contribution in [3.05, 3.63) is 58.7 Å². The van der Waals surface area contributed by atoms with Crippen LogP contribution in [-0.4, -0.2) is 53.1 Å². The molecule has 0 radical (unpaired) electrons. The molecular formula is C23H30O5S. The quantitative estimate of drug-likeness (QED) is 0.638. The fourth-order valence-corrected chi connectivity index (χ4v) is 5.37. The molecule has 3 unspecified atom stereocenters. The maximum absolute atomic E-state index is 10.6. The zero-order chi connectivity index (χ0) is 21.0. The van der Waals surface area contributed by atoms with E-state index in [1.807, 2.05) is 32.0 Å². The monoisotopic (exact) mass is 418 g/mol. The van der Waals surface area contributed by atoms with Crippen molar-refractivity contribution in [2.24, 2.45) is 0 Å². The van der Waals surface area contributed by atoms with Crippen LogP contribution in [0.25, 0.3) is 0 Å². The molecule has 4 atom stereocenters. The number of aryl methyl sites for hydroxylation is 1. The van der Waals surface area contributed by atoms with E-state index in [1.165, 1.54) is 0 Å². The summed E-state index contributed by atoms with van der Waals surface area (Å²) in [6.07, 6.45) is -0.524. The number of aliphatic hydroxyl groups is 2. The zero-order valence-corrected chi connectivity index (χ0v) is 18.0. The van der Waals surface area contributed by atoms with Gasteiger partial charge in [-0.05, 0) is 61.6 Å². The molecule has 0 aliphatic carbocycles. The van der Waals surface area contributed by atoms with Crippen molar-refractivity contribution in [2.45, 2.75) is 49.4 Å². The van der Waals surface area contributed by atoms with Crippen LogP contribution in [0.15, 0.2) is 36.4 Å². The van der Waals surface area contributed by atoms with Gasteiger partial charge < -0.3 is 24.8 Å². The van der Waals surface area contributed by atoms with Gasteiger partial charge in [0.05, 0.1) is 30.7 Å². The molecule has 0 bridgehead atoms. The molecule has 158 valence electrons. The van der Waals surface area contributed by atoms with Crippen molar-refractivity contribution < 1.29 is 24.8 Å². The summed E-state index contributed by atoms with van der Waals surface area (Å²) < 4.78 is 10.7. The molecule has 2 aromatic rings. The molecule has 1 aliphatic heterocycles. The van der Waals surface area contributed by atoms with E-state index < -0.39 is 12.2 Å². The third-order valence-corrected chi connectivity index (χ3v) is 6.90. The predicted molar refractivity (Wildman–Crippen MR) is 116 cm³/mol. The van der Waals surface area contributed by atoms with E-state index >= 15 is 0 Å². The average Bonchev–Trinajstić information content (AvgIpc) is 2.69. The Bertz CT molecular complexity index is 808. The van der Waals surface area contributed by atoms with Crippen LogP contribution in [0.2, 0.25) is 0 Å². The Balaban J connectivity index is 1.83. The Morgan fingerprint density at radius 1 is 1.14 bits per heavy atom. The molecule has 1 fully saturated rings. The molecular weight excluding hydrogens is 388 g/mol. The minimum Gasteiger partial charge on any atom is -0.508 e. The largest absolute Gasteiger partial charge is 0.508 e. The summed E-state index contributed by atoms with van der Waals surface area (Å²) in [7, 11) is 1.58. The van der Waals surface area contributed by atoms with Crippen molar-refractivity contribution in [2.75, 3.05) is 20.3 Å². The molecule has 5 nitrogen and oxygen atoms in total. The van der Waals surface area contributed by atoms with E-state index in [2.05, 4.69) is 12.1 Å². The van der Waals surface area contributed by atoms with Gasteiger partial charge in [-0.2, -0.15) is 0 Å². The zero-order valence-electron chi connectivity index (χ0n) is 17.2. The lowest BCUT2D eigenvalue weighted by Crippen LogP contribution is -2.42. The molecule has 6 heteroatoms. The second-order valence-electron chi connectivity index (χ2n) is 7.50. The first-order valence-electron chi connectivity index (χ1n) is 9.97. The van der Waals surface area contributed by atoms with E-state index in [1.54, 1.807) is 24.9 Å². The second kappa shape index (κ2) is 9.85. The standard InChI is InChI=1S/C23H30O5S/c1-4-28-17-7-5-15(6-8-17)10-16-11-18(19(24)9-14(16)2)21-12-20(25)23(26)22(29-21)13-27-3/h5-9,11,20-26H,4,10,12-13H2,1-3H3/t20?,21?,22-,23?/m1/s1. The summed E-state index contributed by atoms with van der Waals surface area (Å²) >= 11 is 1.55. The maximum atomic E-state index is 10.6. The van der Waals surface area contributed by atoms with Crippen LogP contribution in [0.3, 0.4) is 0 Å².